The molecule has 1 fully saturated rings. The van der Waals surface area contributed by atoms with Gasteiger partial charge in [0.25, 0.3) is 0 Å². The van der Waals surface area contributed by atoms with Crippen molar-refractivity contribution < 1.29 is 23.7 Å². The van der Waals surface area contributed by atoms with Crippen LogP contribution in [0.1, 0.15) is 51.8 Å². The fourth-order valence-electron chi connectivity index (χ4n) is 3.73. The molecule has 1 aliphatic rings. The number of nitrogens with zero attached hydrogens (tertiary/aromatic N) is 5. The van der Waals surface area contributed by atoms with Crippen molar-refractivity contribution in [3.8, 4) is 17.5 Å². The van der Waals surface area contributed by atoms with Crippen molar-refractivity contribution in [2.45, 2.75) is 72.7 Å². The first kappa shape index (κ1) is 27.4. The van der Waals surface area contributed by atoms with E-state index in [2.05, 4.69) is 19.9 Å². The number of likely N-dealkylation sites (N-methyl/N-ethyl adjacent to an activating group) is 1. The number of carbonyl (C=O) groups excluding carboxylic acids is 1. The number of hydrogen-bond donors (Lipinski definition) is 0. The smallest absolute Gasteiger partial charge is 0.410 e. The van der Waals surface area contributed by atoms with Gasteiger partial charge in [0.15, 0.2) is 5.75 Å². The molecule has 36 heavy (non-hydrogen) atoms. The van der Waals surface area contributed by atoms with Crippen LogP contribution in [-0.2, 0) is 9.47 Å². The third-order valence-electron chi connectivity index (χ3n) is 5.80. The molecule has 0 radical (unpaired) electrons. The zero-order valence-electron chi connectivity index (χ0n) is 22.5. The van der Waals surface area contributed by atoms with E-state index in [4.69, 9.17) is 18.9 Å². The van der Waals surface area contributed by atoms with Crippen LogP contribution < -0.4 is 14.4 Å². The predicted molar refractivity (Wildman–Crippen MR) is 137 cm³/mol. The Labute approximate surface area is 213 Å². The van der Waals surface area contributed by atoms with Crippen molar-refractivity contribution in [1.29, 1.82) is 0 Å². The maximum absolute atomic E-state index is 12.1. The Bertz CT molecular complexity index is 1010. The second-order valence-corrected chi connectivity index (χ2v) is 9.54. The van der Waals surface area contributed by atoms with E-state index in [1.807, 2.05) is 60.7 Å². The molecule has 0 atom stereocenters. The summed E-state index contributed by atoms with van der Waals surface area (Å²) in [4.78, 5) is 29.2. The second-order valence-electron chi connectivity index (χ2n) is 9.54. The van der Waals surface area contributed by atoms with E-state index in [1.54, 1.807) is 4.90 Å². The lowest BCUT2D eigenvalue weighted by Gasteiger charge is -2.31. The van der Waals surface area contributed by atoms with Gasteiger partial charge in [-0.1, -0.05) is 0 Å². The van der Waals surface area contributed by atoms with Gasteiger partial charge in [0, 0.05) is 39.5 Å². The first-order valence-corrected chi connectivity index (χ1v) is 12.6. The van der Waals surface area contributed by atoms with Crippen molar-refractivity contribution >= 4 is 11.9 Å². The average Bonchev–Trinajstić information content (AvgIpc) is 2.82. The maximum Gasteiger partial charge on any atom is 0.410 e. The Kier molecular flexibility index (Phi) is 9.69. The molecule has 10 nitrogen and oxygen atoms in total. The Morgan fingerprint density at radius 1 is 1.08 bits per heavy atom. The second kappa shape index (κ2) is 12.7. The van der Waals surface area contributed by atoms with Crippen molar-refractivity contribution in [2.75, 3.05) is 38.2 Å². The minimum atomic E-state index is -0.276. The van der Waals surface area contributed by atoms with Crippen molar-refractivity contribution in [1.82, 2.24) is 19.9 Å². The number of anilines is 1. The summed E-state index contributed by atoms with van der Waals surface area (Å²) in [5.41, 5.74) is 1.47. The van der Waals surface area contributed by atoms with Crippen LogP contribution in [0.4, 0.5) is 10.6 Å². The van der Waals surface area contributed by atoms with Gasteiger partial charge in [0.2, 0.25) is 11.8 Å². The van der Waals surface area contributed by atoms with Gasteiger partial charge in [-0.15, -0.1) is 0 Å². The summed E-state index contributed by atoms with van der Waals surface area (Å²) in [6.45, 7) is 14.1. The topological polar surface area (TPSA) is 99.1 Å². The van der Waals surface area contributed by atoms with Gasteiger partial charge >= 0.3 is 6.09 Å². The summed E-state index contributed by atoms with van der Waals surface area (Å²) >= 11 is 0. The molecule has 1 amide bonds. The maximum atomic E-state index is 12.1. The zero-order chi connectivity index (χ0) is 26.2. The van der Waals surface area contributed by atoms with Crippen molar-refractivity contribution in [2.24, 2.45) is 0 Å². The molecule has 0 bridgehead atoms. The Morgan fingerprint density at radius 3 is 2.42 bits per heavy atom. The normalized spacial score (nSPS) is 14.3. The number of ether oxygens (including phenoxy) is 4. The lowest BCUT2D eigenvalue weighted by molar-refractivity contribution is 0.0505. The summed E-state index contributed by atoms with van der Waals surface area (Å²) in [6.07, 6.45) is 2.59. The third-order valence-corrected chi connectivity index (χ3v) is 5.80. The molecule has 3 heterocycles. The number of piperidine rings is 1. The van der Waals surface area contributed by atoms with Crippen LogP contribution >= 0.6 is 0 Å². The number of pyridine rings is 1. The molecule has 0 saturated carbocycles. The molecule has 198 valence electrons. The van der Waals surface area contributed by atoms with E-state index in [0.29, 0.717) is 55.6 Å². The minimum absolute atomic E-state index is 0.0487. The molecule has 0 unspecified atom stereocenters. The average molecular weight is 502 g/mol. The molecular weight excluding hydrogens is 462 g/mol. The van der Waals surface area contributed by atoms with Gasteiger partial charge in [-0.2, -0.15) is 0 Å². The standard InChI is InChI=1S/C26H39N5O5/c1-17(2)33-15-14-30(7)23-9-8-22(20(6)29-23)36-25-19(5)24(27-16-28-25)35-21-10-12-31(13-11-21)26(32)34-18(3)4/h8-9,16-18,21H,10-15H2,1-7H3. The van der Waals surface area contributed by atoms with Crippen molar-refractivity contribution in [3.05, 3.63) is 29.7 Å². The number of rotatable bonds is 10. The highest BCUT2D eigenvalue weighted by Gasteiger charge is 2.26. The quantitative estimate of drug-likeness (QED) is 0.465. The molecule has 1 aliphatic heterocycles. The number of aromatic nitrogens is 3. The van der Waals surface area contributed by atoms with E-state index in [1.165, 1.54) is 6.33 Å². The van der Waals surface area contributed by atoms with E-state index in [9.17, 15) is 4.79 Å². The molecule has 10 heteroatoms. The van der Waals surface area contributed by atoms with Crippen LogP contribution in [0.5, 0.6) is 17.5 Å². The van der Waals surface area contributed by atoms with Crippen LogP contribution in [-0.4, -0.2) is 77.5 Å². The molecule has 1 saturated heterocycles. The van der Waals surface area contributed by atoms with Gasteiger partial charge in [-0.05, 0) is 53.7 Å². The highest BCUT2D eigenvalue weighted by Crippen LogP contribution is 2.31. The highest BCUT2D eigenvalue weighted by molar-refractivity contribution is 5.67. The largest absolute Gasteiger partial charge is 0.474 e. The summed E-state index contributed by atoms with van der Waals surface area (Å²) in [5.74, 6) is 2.37. The van der Waals surface area contributed by atoms with Crippen molar-refractivity contribution in [3.63, 3.8) is 0 Å². The molecule has 2 aromatic rings. The SMILES string of the molecule is Cc1nc(N(C)CCOC(C)C)ccc1Oc1ncnc(OC2CCN(C(=O)OC(C)C)CC2)c1C. The molecule has 0 N–H and O–H groups in total. The third kappa shape index (κ3) is 7.68. The van der Waals surface area contributed by atoms with Crippen LogP contribution in [0, 0.1) is 13.8 Å². The Hall–Kier alpha value is -3.14. The first-order chi connectivity index (χ1) is 17.1. The van der Waals surface area contributed by atoms with E-state index >= 15 is 0 Å². The number of amides is 1. The van der Waals surface area contributed by atoms with E-state index < -0.39 is 0 Å². The lowest BCUT2D eigenvalue weighted by Crippen LogP contribution is -2.42. The Morgan fingerprint density at radius 2 is 1.78 bits per heavy atom. The molecule has 2 aromatic heterocycles. The first-order valence-electron chi connectivity index (χ1n) is 12.6. The summed E-state index contributed by atoms with van der Waals surface area (Å²) in [6, 6.07) is 3.81. The molecule has 0 aliphatic carbocycles. The van der Waals surface area contributed by atoms with Crippen LogP contribution in [0.25, 0.3) is 0 Å². The molecule has 3 rings (SSSR count). The van der Waals surface area contributed by atoms with Crippen LogP contribution in [0.15, 0.2) is 18.5 Å². The van der Waals surface area contributed by atoms with E-state index in [0.717, 1.165) is 18.1 Å². The van der Waals surface area contributed by atoms with Gasteiger partial charge < -0.3 is 28.7 Å². The molecule has 0 aromatic carbocycles. The van der Waals surface area contributed by atoms with Gasteiger partial charge in [-0.25, -0.2) is 19.7 Å². The minimum Gasteiger partial charge on any atom is -0.474 e. The van der Waals surface area contributed by atoms with Crippen LogP contribution in [0.2, 0.25) is 0 Å². The number of likely N-dealkylation sites (tertiary alicyclic amines) is 1. The van der Waals surface area contributed by atoms with Gasteiger partial charge in [0.05, 0.1) is 30.1 Å². The summed E-state index contributed by atoms with van der Waals surface area (Å²) in [7, 11) is 1.99. The van der Waals surface area contributed by atoms with E-state index in [-0.39, 0.29) is 24.4 Å². The summed E-state index contributed by atoms with van der Waals surface area (Å²) in [5, 5.41) is 0. The van der Waals surface area contributed by atoms with Crippen LogP contribution in [0.3, 0.4) is 0 Å². The number of carbonyl (C=O) groups is 1. The zero-order valence-corrected chi connectivity index (χ0v) is 22.5. The highest BCUT2D eigenvalue weighted by atomic mass is 16.6. The fourth-order valence-corrected chi connectivity index (χ4v) is 3.73. The molecule has 0 spiro atoms. The van der Waals surface area contributed by atoms with Gasteiger partial charge in [0.1, 0.15) is 18.2 Å². The Balaban J connectivity index is 1.59. The van der Waals surface area contributed by atoms with Gasteiger partial charge in [-0.3, -0.25) is 0 Å². The lowest BCUT2D eigenvalue weighted by atomic mass is 10.1. The fraction of sp³-hybridized carbons (Fsp3) is 0.615. The number of hydrogen-bond acceptors (Lipinski definition) is 9. The number of aryl methyl sites for hydroxylation is 1. The molecular formula is C26H39N5O5. The monoisotopic (exact) mass is 501 g/mol. The predicted octanol–water partition coefficient (Wildman–Crippen LogP) is 4.53. The summed E-state index contributed by atoms with van der Waals surface area (Å²) < 4.78 is 23.2.